The van der Waals surface area contributed by atoms with E-state index < -0.39 is 79.0 Å². The molecule has 1 fully saturated rings. The quantitative estimate of drug-likeness (QED) is 0.307. The Morgan fingerprint density at radius 2 is 1.47 bits per heavy atom. The van der Waals surface area contributed by atoms with Gasteiger partial charge in [0.2, 0.25) is 0 Å². The molecular weight excluding hydrogens is 508 g/mol. The van der Waals surface area contributed by atoms with Gasteiger partial charge in [-0.3, -0.25) is 24.0 Å². The standard InChI is InChI=1S/C25H30O13/c1-14(26)32-13-21(35-16(3)28)23-22(36-17(4)29)20(34-15(2)27)11-25(38-23,37-18(5)30)24(31)33-12-19-9-7-6-8-10-19/h6-10,20-23H,11-13H2,1-5H3/t20-,21-,22-,23-,25-/m1/s1. The Labute approximate surface area is 218 Å². The number of benzene rings is 1. The van der Waals surface area contributed by atoms with E-state index in [9.17, 15) is 28.8 Å². The second kappa shape index (κ2) is 13.5. The summed E-state index contributed by atoms with van der Waals surface area (Å²) in [5.41, 5.74) is 0.605. The van der Waals surface area contributed by atoms with E-state index >= 15 is 0 Å². The van der Waals surface area contributed by atoms with Gasteiger partial charge in [-0.2, -0.15) is 0 Å². The van der Waals surface area contributed by atoms with Crippen LogP contribution in [0.15, 0.2) is 30.3 Å². The van der Waals surface area contributed by atoms with E-state index in [0.717, 1.165) is 34.6 Å². The molecule has 0 spiro atoms. The maximum atomic E-state index is 13.4. The molecule has 38 heavy (non-hydrogen) atoms. The van der Waals surface area contributed by atoms with Crippen molar-refractivity contribution in [1.82, 2.24) is 0 Å². The van der Waals surface area contributed by atoms with Crippen molar-refractivity contribution in [1.29, 1.82) is 0 Å². The molecular formula is C25H30O13. The van der Waals surface area contributed by atoms with Crippen LogP contribution in [0.5, 0.6) is 0 Å². The first-order chi connectivity index (χ1) is 17.8. The highest BCUT2D eigenvalue weighted by Crippen LogP contribution is 2.37. The second-order valence-corrected chi connectivity index (χ2v) is 8.37. The van der Waals surface area contributed by atoms with Crippen molar-refractivity contribution in [2.75, 3.05) is 6.61 Å². The minimum Gasteiger partial charge on any atom is -0.462 e. The van der Waals surface area contributed by atoms with Crippen molar-refractivity contribution in [2.24, 2.45) is 0 Å². The van der Waals surface area contributed by atoms with Crippen molar-refractivity contribution in [3.05, 3.63) is 35.9 Å². The van der Waals surface area contributed by atoms with Gasteiger partial charge >= 0.3 is 41.6 Å². The number of carbonyl (C=O) groups is 6. The molecule has 0 aromatic heterocycles. The molecule has 0 unspecified atom stereocenters. The highest BCUT2D eigenvalue weighted by Gasteiger charge is 2.60. The zero-order valence-corrected chi connectivity index (χ0v) is 21.6. The molecule has 1 aliphatic rings. The molecule has 1 aromatic carbocycles. The number of hydrogen-bond acceptors (Lipinski definition) is 13. The summed E-state index contributed by atoms with van der Waals surface area (Å²) < 4.78 is 37.4. The van der Waals surface area contributed by atoms with E-state index in [0.29, 0.717) is 5.56 Å². The molecule has 0 radical (unpaired) electrons. The fraction of sp³-hybridized carbons (Fsp3) is 0.520. The summed E-state index contributed by atoms with van der Waals surface area (Å²) in [7, 11) is 0. The van der Waals surface area contributed by atoms with E-state index in [1.54, 1.807) is 30.3 Å². The highest BCUT2D eigenvalue weighted by atomic mass is 16.8. The third kappa shape index (κ3) is 8.83. The molecule has 0 bridgehead atoms. The first-order valence-corrected chi connectivity index (χ1v) is 11.6. The third-order valence-electron chi connectivity index (χ3n) is 5.07. The van der Waals surface area contributed by atoms with Crippen molar-refractivity contribution < 1.29 is 61.9 Å². The van der Waals surface area contributed by atoms with Crippen LogP contribution in [0.3, 0.4) is 0 Å². The molecule has 1 saturated heterocycles. The van der Waals surface area contributed by atoms with Crippen LogP contribution in [0.25, 0.3) is 0 Å². The molecule has 1 heterocycles. The first-order valence-electron chi connectivity index (χ1n) is 11.6. The SMILES string of the molecule is CC(=O)OC[C@@H](OC(C)=O)[C@H]1O[C@@](OC(C)=O)(C(=O)OCc2ccccc2)C[C@@H](OC(C)=O)[C@H]1OC(C)=O. The molecule has 13 nitrogen and oxygen atoms in total. The van der Waals surface area contributed by atoms with Crippen LogP contribution in [-0.4, -0.2) is 72.6 Å². The maximum Gasteiger partial charge on any atom is 0.380 e. The third-order valence-corrected chi connectivity index (χ3v) is 5.07. The number of ether oxygens (including phenoxy) is 7. The predicted octanol–water partition coefficient (Wildman–Crippen LogP) is 1.14. The monoisotopic (exact) mass is 538 g/mol. The summed E-state index contributed by atoms with van der Waals surface area (Å²) in [6.45, 7) is 4.47. The molecule has 208 valence electrons. The van der Waals surface area contributed by atoms with Crippen LogP contribution < -0.4 is 0 Å². The van der Waals surface area contributed by atoms with Crippen molar-refractivity contribution in [3.8, 4) is 0 Å². The van der Waals surface area contributed by atoms with E-state index in [1.165, 1.54) is 0 Å². The van der Waals surface area contributed by atoms with E-state index in [-0.39, 0.29) is 6.61 Å². The molecule has 1 aromatic rings. The van der Waals surface area contributed by atoms with Gasteiger partial charge in [-0.25, -0.2) is 4.79 Å². The average Bonchev–Trinajstić information content (AvgIpc) is 2.81. The lowest BCUT2D eigenvalue weighted by Gasteiger charge is -2.46. The average molecular weight is 539 g/mol. The Kier molecular flexibility index (Phi) is 10.8. The van der Waals surface area contributed by atoms with Crippen LogP contribution in [0, 0.1) is 0 Å². The molecule has 2 rings (SSSR count). The molecule has 13 heteroatoms. The summed E-state index contributed by atoms with van der Waals surface area (Å²) in [6, 6.07) is 8.57. The number of esters is 6. The highest BCUT2D eigenvalue weighted by molar-refractivity contribution is 5.82. The smallest absolute Gasteiger partial charge is 0.380 e. The second-order valence-electron chi connectivity index (χ2n) is 8.37. The molecule has 5 atom stereocenters. The fourth-order valence-corrected chi connectivity index (χ4v) is 3.78. The largest absolute Gasteiger partial charge is 0.462 e. The summed E-state index contributed by atoms with van der Waals surface area (Å²) >= 11 is 0. The summed E-state index contributed by atoms with van der Waals surface area (Å²) in [5.74, 6) is -7.89. The Morgan fingerprint density at radius 3 is 2.00 bits per heavy atom. The van der Waals surface area contributed by atoms with Crippen LogP contribution in [-0.2, 0) is 68.5 Å². The summed E-state index contributed by atoms with van der Waals surface area (Å²) in [5, 5.41) is 0. The van der Waals surface area contributed by atoms with Gasteiger partial charge in [-0.05, 0) is 5.56 Å². The Balaban J connectivity index is 2.56. The minimum atomic E-state index is -2.52. The van der Waals surface area contributed by atoms with Gasteiger partial charge in [0, 0.05) is 34.6 Å². The van der Waals surface area contributed by atoms with E-state index in [1.807, 2.05) is 0 Å². The lowest BCUT2D eigenvalue weighted by molar-refractivity contribution is -0.318. The fourth-order valence-electron chi connectivity index (χ4n) is 3.78. The van der Waals surface area contributed by atoms with Gasteiger partial charge in [0.1, 0.15) is 25.4 Å². The Hall–Kier alpha value is -4.00. The first kappa shape index (κ1) is 30.2. The van der Waals surface area contributed by atoms with Crippen molar-refractivity contribution in [3.63, 3.8) is 0 Å². The predicted molar refractivity (Wildman–Crippen MR) is 124 cm³/mol. The Bertz CT molecular complexity index is 1040. The van der Waals surface area contributed by atoms with E-state index in [2.05, 4.69) is 0 Å². The van der Waals surface area contributed by atoms with Gasteiger partial charge in [0.05, 0.1) is 6.42 Å². The van der Waals surface area contributed by atoms with Crippen molar-refractivity contribution >= 4 is 35.8 Å². The number of rotatable bonds is 10. The van der Waals surface area contributed by atoms with Crippen LogP contribution in [0.1, 0.15) is 46.6 Å². The van der Waals surface area contributed by atoms with Gasteiger partial charge in [0.15, 0.2) is 12.2 Å². The molecule has 0 amide bonds. The van der Waals surface area contributed by atoms with Crippen LogP contribution >= 0.6 is 0 Å². The van der Waals surface area contributed by atoms with Crippen LogP contribution in [0.4, 0.5) is 0 Å². The topological polar surface area (TPSA) is 167 Å². The molecule has 0 N–H and O–H groups in total. The van der Waals surface area contributed by atoms with Crippen LogP contribution in [0.2, 0.25) is 0 Å². The minimum absolute atomic E-state index is 0.233. The maximum absolute atomic E-state index is 13.4. The number of hydrogen-bond donors (Lipinski definition) is 0. The summed E-state index contributed by atoms with van der Waals surface area (Å²) in [6.07, 6.45) is -6.65. The zero-order valence-electron chi connectivity index (χ0n) is 21.6. The van der Waals surface area contributed by atoms with Gasteiger partial charge in [-0.15, -0.1) is 0 Å². The molecule has 1 aliphatic heterocycles. The molecule has 0 saturated carbocycles. The normalized spacial score (nSPS) is 23.2. The van der Waals surface area contributed by atoms with Gasteiger partial charge in [0.25, 0.3) is 0 Å². The van der Waals surface area contributed by atoms with Crippen molar-refractivity contribution in [2.45, 2.75) is 77.8 Å². The summed E-state index contributed by atoms with van der Waals surface area (Å²) in [4.78, 5) is 72.7. The lowest BCUT2D eigenvalue weighted by Crippen LogP contribution is -2.65. The molecule has 0 aliphatic carbocycles. The lowest BCUT2D eigenvalue weighted by atomic mass is 9.91. The zero-order chi connectivity index (χ0) is 28.5. The number of carbonyl (C=O) groups excluding carboxylic acids is 6. The Morgan fingerprint density at radius 1 is 0.842 bits per heavy atom. The van der Waals surface area contributed by atoms with E-state index in [4.69, 9.17) is 33.2 Å². The van der Waals surface area contributed by atoms with Gasteiger partial charge in [-0.1, -0.05) is 30.3 Å². The van der Waals surface area contributed by atoms with Gasteiger partial charge < -0.3 is 33.2 Å².